The molecule has 0 aliphatic carbocycles. The summed E-state index contributed by atoms with van der Waals surface area (Å²) in [6.07, 6.45) is 0. The van der Waals surface area contributed by atoms with Crippen molar-refractivity contribution < 1.29 is 4.74 Å². The minimum absolute atomic E-state index is 0.0619. The number of H-pyrrole nitrogens is 1. The summed E-state index contributed by atoms with van der Waals surface area (Å²) in [5.41, 5.74) is 8.44. The van der Waals surface area contributed by atoms with Crippen molar-refractivity contribution in [2.45, 2.75) is 13.8 Å². The van der Waals surface area contributed by atoms with Gasteiger partial charge in [0.1, 0.15) is 23.2 Å². The predicted molar refractivity (Wildman–Crippen MR) is 77.7 cm³/mol. The zero-order chi connectivity index (χ0) is 14.9. The maximum atomic E-state index is 11.8. The minimum Gasteiger partial charge on any atom is -0.496 e. The molecule has 3 N–H and O–H groups in total. The van der Waals surface area contributed by atoms with Crippen LogP contribution < -0.4 is 16.0 Å². The zero-order valence-corrected chi connectivity index (χ0v) is 11.6. The van der Waals surface area contributed by atoms with E-state index in [0.29, 0.717) is 5.56 Å². The number of nitrogens with zero attached hydrogens (tertiary/aromatic N) is 1. The van der Waals surface area contributed by atoms with Crippen molar-refractivity contribution in [3.05, 3.63) is 45.2 Å². The maximum Gasteiger partial charge on any atom is 0.268 e. The molecular weight excluding hydrogens is 254 g/mol. The Bertz CT molecular complexity index is 770. The highest BCUT2D eigenvalue weighted by atomic mass is 16.5. The van der Waals surface area contributed by atoms with E-state index >= 15 is 0 Å². The molecule has 0 aliphatic heterocycles. The molecule has 2 aromatic rings. The molecule has 1 heterocycles. The zero-order valence-electron chi connectivity index (χ0n) is 11.6. The van der Waals surface area contributed by atoms with Gasteiger partial charge in [0.05, 0.1) is 7.11 Å². The van der Waals surface area contributed by atoms with Crippen LogP contribution >= 0.6 is 0 Å². The van der Waals surface area contributed by atoms with Crippen LogP contribution in [0.15, 0.2) is 23.0 Å². The highest BCUT2D eigenvalue weighted by Crippen LogP contribution is 2.31. The first-order valence-electron chi connectivity index (χ1n) is 6.06. The first kappa shape index (κ1) is 13.7. The van der Waals surface area contributed by atoms with E-state index in [1.807, 2.05) is 32.0 Å². The van der Waals surface area contributed by atoms with Gasteiger partial charge in [-0.15, -0.1) is 0 Å². The second-order valence-electron chi connectivity index (χ2n) is 4.59. The Morgan fingerprint density at radius 2 is 1.90 bits per heavy atom. The van der Waals surface area contributed by atoms with Gasteiger partial charge in [-0.25, -0.2) is 0 Å². The van der Waals surface area contributed by atoms with Gasteiger partial charge >= 0.3 is 0 Å². The first-order chi connectivity index (χ1) is 9.47. The molecule has 0 bridgehead atoms. The highest BCUT2D eigenvalue weighted by Gasteiger charge is 2.14. The molecule has 0 aliphatic rings. The second kappa shape index (κ2) is 5.10. The number of aromatic amines is 1. The summed E-state index contributed by atoms with van der Waals surface area (Å²) < 4.78 is 5.26. The molecule has 0 spiro atoms. The number of nitrogens with two attached hydrogens (primary N) is 1. The molecule has 0 amide bonds. The van der Waals surface area contributed by atoms with Crippen molar-refractivity contribution in [3.63, 3.8) is 0 Å². The Balaban J connectivity index is 2.79. The fourth-order valence-corrected chi connectivity index (χ4v) is 2.20. The van der Waals surface area contributed by atoms with Gasteiger partial charge in [-0.2, -0.15) is 5.26 Å². The number of methoxy groups -OCH3 is 1. The Morgan fingerprint density at radius 1 is 1.20 bits per heavy atom. The number of hydrogen-bond donors (Lipinski definition) is 2. The van der Waals surface area contributed by atoms with E-state index in [1.54, 1.807) is 13.2 Å². The van der Waals surface area contributed by atoms with Crippen LogP contribution in [0.1, 0.15) is 16.7 Å². The van der Waals surface area contributed by atoms with Gasteiger partial charge in [0.15, 0.2) is 0 Å². The largest absolute Gasteiger partial charge is 0.496 e. The summed E-state index contributed by atoms with van der Waals surface area (Å²) in [5.74, 6) is 0.999. The Kier molecular flexibility index (Phi) is 3.49. The molecule has 0 fully saturated rings. The average Bonchev–Trinajstić information content (AvgIpc) is 2.40. The Labute approximate surface area is 116 Å². The summed E-state index contributed by atoms with van der Waals surface area (Å²) in [6.45, 7) is 3.81. The molecule has 0 atom stereocenters. The van der Waals surface area contributed by atoms with E-state index in [0.717, 1.165) is 22.4 Å². The summed E-state index contributed by atoms with van der Waals surface area (Å²) in [6, 6.07) is 7.31. The lowest BCUT2D eigenvalue weighted by atomic mass is 9.95. The molecule has 1 aromatic carbocycles. The molecule has 0 saturated heterocycles. The van der Waals surface area contributed by atoms with Crippen LogP contribution in [-0.4, -0.2) is 12.1 Å². The summed E-state index contributed by atoms with van der Waals surface area (Å²) in [5, 5.41) is 9.18. The van der Waals surface area contributed by atoms with E-state index in [1.165, 1.54) is 0 Å². The minimum atomic E-state index is -0.477. The Hall–Kier alpha value is -2.74. The third-order valence-corrected chi connectivity index (χ3v) is 3.20. The van der Waals surface area contributed by atoms with E-state index in [4.69, 9.17) is 10.5 Å². The van der Waals surface area contributed by atoms with E-state index < -0.39 is 5.56 Å². The molecule has 20 heavy (non-hydrogen) atoms. The monoisotopic (exact) mass is 269 g/mol. The molecule has 1 aromatic heterocycles. The van der Waals surface area contributed by atoms with Gasteiger partial charge in [0, 0.05) is 5.56 Å². The van der Waals surface area contributed by atoms with Crippen LogP contribution in [0.4, 0.5) is 5.82 Å². The lowest BCUT2D eigenvalue weighted by molar-refractivity contribution is 0.411. The number of pyridine rings is 1. The number of aryl methyl sites for hydroxylation is 2. The number of nitriles is 1. The van der Waals surface area contributed by atoms with Crippen molar-refractivity contribution in [2.24, 2.45) is 0 Å². The number of benzene rings is 1. The molecular formula is C15H15N3O2. The molecule has 5 heteroatoms. The highest BCUT2D eigenvalue weighted by molar-refractivity contribution is 5.76. The number of anilines is 1. The van der Waals surface area contributed by atoms with Gasteiger partial charge in [-0.05, 0) is 48.7 Å². The van der Waals surface area contributed by atoms with Crippen molar-refractivity contribution >= 4 is 5.82 Å². The number of nitrogen functional groups attached to an aromatic ring is 1. The lowest BCUT2D eigenvalue weighted by Crippen LogP contribution is -2.14. The maximum absolute atomic E-state index is 11.8. The molecule has 5 nitrogen and oxygen atoms in total. The van der Waals surface area contributed by atoms with Crippen molar-refractivity contribution in [1.29, 1.82) is 5.26 Å². The van der Waals surface area contributed by atoms with Crippen LogP contribution in [0.25, 0.3) is 11.1 Å². The SMILES string of the molecule is COc1cc(C)c(-c2cc(N)[nH]c(=O)c2C#N)cc1C. The van der Waals surface area contributed by atoms with Gasteiger partial charge in [-0.3, -0.25) is 4.79 Å². The number of aromatic nitrogens is 1. The van der Waals surface area contributed by atoms with Crippen LogP contribution in [0.5, 0.6) is 5.75 Å². The lowest BCUT2D eigenvalue weighted by Gasteiger charge is -2.12. The van der Waals surface area contributed by atoms with E-state index in [9.17, 15) is 10.1 Å². The predicted octanol–water partition coefficient (Wildman–Crippen LogP) is 2.12. The standard InChI is InChI=1S/C15H15N3O2/c1-8-5-13(20-3)9(2)4-10(8)11-6-14(17)18-15(19)12(11)7-16/h4-6H,1-3H3,(H3,17,18,19). The van der Waals surface area contributed by atoms with Crippen molar-refractivity contribution in [2.75, 3.05) is 12.8 Å². The third kappa shape index (κ3) is 2.24. The van der Waals surface area contributed by atoms with Crippen LogP contribution in [-0.2, 0) is 0 Å². The number of rotatable bonds is 2. The second-order valence-corrected chi connectivity index (χ2v) is 4.59. The van der Waals surface area contributed by atoms with Crippen molar-refractivity contribution in [3.8, 4) is 22.9 Å². The van der Waals surface area contributed by atoms with Gasteiger partial charge in [-0.1, -0.05) is 0 Å². The summed E-state index contributed by atoms with van der Waals surface area (Å²) >= 11 is 0. The fourth-order valence-electron chi connectivity index (χ4n) is 2.20. The van der Waals surface area contributed by atoms with E-state index in [2.05, 4.69) is 4.98 Å². The first-order valence-corrected chi connectivity index (χ1v) is 6.06. The quantitative estimate of drug-likeness (QED) is 0.873. The van der Waals surface area contributed by atoms with Crippen LogP contribution in [0.2, 0.25) is 0 Å². The van der Waals surface area contributed by atoms with E-state index in [-0.39, 0.29) is 11.4 Å². The van der Waals surface area contributed by atoms with Crippen LogP contribution in [0, 0.1) is 25.2 Å². The topological polar surface area (TPSA) is 91.9 Å². The molecule has 102 valence electrons. The normalized spacial score (nSPS) is 10.1. The van der Waals surface area contributed by atoms with Gasteiger partial charge in [0.25, 0.3) is 5.56 Å². The smallest absolute Gasteiger partial charge is 0.268 e. The average molecular weight is 269 g/mol. The van der Waals surface area contributed by atoms with Gasteiger partial charge in [0.2, 0.25) is 0 Å². The summed E-state index contributed by atoms with van der Waals surface area (Å²) in [4.78, 5) is 14.2. The molecule has 0 unspecified atom stereocenters. The van der Waals surface area contributed by atoms with Crippen molar-refractivity contribution in [1.82, 2.24) is 4.98 Å². The van der Waals surface area contributed by atoms with Gasteiger partial charge < -0.3 is 15.5 Å². The number of hydrogen-bond acceptors (Lipinski definition) is 4. The number of nitrogens with one attached hydrogen (secondary N) is 1. The Morgan fingerprint density at radius 3 is 2.50 bits per heavy atom. The molecule has 2 rings (SSSR count). The third-order valence-electron chi connectivity index (χ3n) is 3.20. The molecule has 0 radical (unpaired) electrons. The molecule has 0 saturated carbocycles. The fraction of sp³-hybridized carbons (Fsp3) is 0.200. The number of ether oxygens (including phenoxy) is 1. The summed E-state index contributed by atoms with van der Waals surface area (Å²) in [7, 11) is 1.60. The van der Waals surface area contributed by atoms with Crippen LogP contribution in [0.3, 0.4) is 0 Å².